The van der Waals surface area contributed by atoms with Crippen molar-refractivity contribution in [2.75, 3.05) is 34.4 Å². The number of unbranched alkanes of at least 4 members (excludes halogenated alkanes) is 6. The second-order valence-corrected chi connectivity index (χ2v) is 8.94. The summed E-state index contributed by atoms with van der Waals surface area (Å²) in [5.74, 6) is -1.26. The first kappa shape index (κ1) is 31.7. The first-order valence-electron chi connectivity index (χ1n) is 12.6. The highest BCUT2D eigenvalue weighted by Gasteiger charge is 2.34. The van der Waals surface area contributed by atoms with E-state index in [1.54, 1.807) is 20.8 Å². The van der Waals surface area contributed by atoms with Gasteiger partial charge in [0.2, 0.25) is 11.8 Å². The monoisotopic (exact) mass is 485 g/mol. The molecular formula is C25H47N3O6. The molecule has 0 heterocycles. The van der Waals surface area contributed by atoms with Gasteiger partial charge in [-0.1, -0.05) is 52.4 Å². The Labute approximate surface area is 206 Å². The number of carbonyl (C=O) groups excluding carboxylic acids is 4. The third-order valence-electron chi connectivity index (χ3n) is 6.25. The second kappa shape index (κ2) is 17.2. The molecule has 0 rings (SSSR count). The van der Waals surface area contributed by atoms with Crippen molar-refractivity contribution >= 4 is 23.9 Å². The summed E-state index contributed by atoms with van der Waals surface area (Å²) in [5, 5.41) is 0. The van der Waals surface area contributed by atoms with Crippen LogP contribution in [0.1, 0.15) is 86.0 Å². The number of ether oxygens (including phenoxy) is 2. The Hall–Kier alpha value is -2.32. The molecule has 0 N–H and O–H groups in total. The van der Waals surface area contributed by atoms with Gasteiger partial charge in [0.25, 0.3) is 0 Å². The van der Waals surface area contributed by atoms with E-state index >= 15 is 0 Å². The van der Waals surface area contributed by atoms with Crippen LogP contribution >= 0.6 is 0 Å². The van der Waals surface area contributed by atoms with Crippen LogP contribution in [-0.4, -0.2) is 91.1 Å². The van der Waals surface area contributed by atoms with E-state index in [-0.39, 0.29) is 5.91 Å². The van der Waals surface area contributed by atoms with Gasteiger partial charge < -0.3 is 19.3 Å². The number of nitrogens with zero attached hydrogens (tertiary/aromatic N) is 3. The molecule has 9 nitrogen and oxygen atoms in total. The fourth-order valence-electron chi connectivity index (χ4n) is 3.23. The molecule has 0 saturated carbocycles. The van der Waals surface area contributed by atoms with Crippen LogP contribution in [0.4, 0.5) is 4.79 Å². The molecule has 3 amide bonds. The first-order valence-corrected chi connectivity index (χ1v) is 12.6. The van der Waals surface area contributed by atoms with Crippen molar-refractivity contribution in [3.8, 4) is 0 Å². The molecule has 0 aromatic rings. The van der Waals surface area contributed by atoms with E-state index in [1.807, 2.05) is 0 Å². The molecule has 9 heteroatoms. The van der Waals surface area contributed by atoms with Crippen molar-refractivity contribution < 1.29 is 28.7 Å². The predicted molar refractivity (Wildman–Crippen MR) is 132 cm³/mol. The number of hydrogen-bond donors (Lipinski definition) is 0. The highest BCUT2D eigenvalue weighted by molar-refractivity contribution is 5.92. The van der Waals surface area contributed by atoms with Gasteiger partial charge in [-0.3, -0.25) is 14.5 Å². The molecule has 0 aliphatic rings. The first-order chi connectivity index (χ1) is 16.0. The highest BCUT2D eigenvalue weighted by Crippen LogP contribution is 2.11. The third-order valence-corrected chi connectivity index (χ3v) is 6.25. The smallest absolute Gasteiger partial charge is 0.410 e. The zero-order valence-corrected chi connectivity index (χ0v) is 22.6. The Kier molecular flexibility index (Phi) is 16.0. The van der Waals surface area contributed by atoms with Crippen LogP contribution in [0, 0.1) is 0 Å². The van der Waals surface area contributed by atoms with Gasteiger partial charge >= 0.3 is 12.1 Å². The van der Waals surface area contributed by atoms with E-state index in [0.29, 0.717) is 13.2 Å². The normalized spacial score (nSPS) is 13.4. The minimum absolute atomic E-state index is 0.312. The lowest BCUT2D eigenvalue weighted by Gasteiger charge is -2.33. The highest BCUT2D eigenvalue weighted by atomic mass is 16.6. The molecule has 0 bridgehead atoms. The zero-order valence-electron chi connectivity index (χ0n) is 22.6. The van der Waals surface area contributed by atoms with E-state index in [1.165, 1.54) is 35.8 Å². The van der Waals surface area contributed by atoms with E-state index in [2.05, 4.69) is 13.8 Å². The Balaban J connectivity index is 4.77. The van der Waals surface area contributed by atoms with Gasteiger partial charge in [0.15, 0.2) is 0 Å². The number of carbonyl (C=O) groups is 4. The average Bonchev–Trinajstić information content (AvgIpc) is 2.84. The van der Waals surface area contributed by atoms with Crippen LogP contribution in [0.2, 0.25) is 0 Å². The zero-order chi connectivity index (χ0) is 26.3. The largest absolute Gasteiger partial charge is 0.464 e. The molecule has 34 heavy (non-hydrogen) atoms. The molecule has 3 atom stereocenters. The summed E-state index contributed by atoms with van der Waals surface area (Å²) < 4.78 is 10.5. The minimum Gasteiger partial charge on any atom is -0.464 e. The molecule has 0 aromatic carbocycles. The van der Waals surface area contributed by atoms with Crippen molar-refractivity contribution in [2.24, 2.45) is 0 Å². The van der Waals surface area contributed by atoms with Gasteiger partial charge in [-0.25, -0.2) is 9.59 Å². The molecule has 0 radical (unpaired) electrons. The number of amides is 3. The summed E-state index contributed by atoms with van der Waals surface area (Å²) >= 11 is 0. The molecular weight excluding hydrogens is 438 g/mol. The number of rotatable bonds is 16. The van der Waals surface area contributed by atoms with E-state index in [4.69, 9.17) is 9.47 Å². The summed E-state index contributed by atoms with van der Waals surface area (Å²) in [5.41, 5.74) is 0. The van der Waals surface area contributed by atoms with Gasteiger partial charge in [0.05, 0.1) is 13.2 Å². The van der Waals surface area contributed by atoms with Crippen LogP contribution in [0.25, 0.3) is 0 Å². The molecule has 3 unspecified atom stereocenters. The summed E-state index contributed by atoms with van der Waals surface area (Å²) in [6.45, 7) is 9.65. The summed E-state index contributed by atoms with van der Waals surface area (Å²) in [6, 6.07) is -2.40. The number of likely N-dealkylation sites (N-methyl/N-ethyl adjacent to an activating group) is 3. The lowest BCUT2D eigenvalue weighted by molar-refractivity contribution is -0.156. The van der Waals surface area contributed by atoms with Gasteiger partial charge in [-0.15, -0.1) is 0 Å². The van der Waals surface area contributed by atoms with Crippen molar-refractivity contribution in [1.29, 1.82) is 0 Å². The quantitative estimate of drug-likeness (QED) is 0.243. The number of hydrogen-bond acceptors (Lipinski definition) is 6. The molecule has 0 spiro atoms. The standard InChI is InChI=1S/C25H47N3O6/c1-9-11-13-15-17-33-24(31)21(5)27(7)22(29)19(3)26(6)23(30)20(4)28(8)25(32)34-18-16-14-12-10-2/h19-21H,9-18H2,1-8H3. The molecule has 198 valence electrons. The number of esters is 1. The van der Waals surface area contributed by atoms with Crippen LogP contribution in [0.3, 0.4) is 0 Å². The molecule has 0 fully saturated rings. The van der Waals surface area contributed by atoms with E-state index in [9.17, 15) is 19.2 Å². The van der Waals surface area contributed by atoms with Crippen LogP contribution in [0.15, 0.2) is 0 Å². The minimum atomic E-state index is -0.821. The van der Waals surface area contributed by atoms with Gasteiger partial charge in [-0.2, -0.15) is 0 Å². The Morgan fingerprint density at radius 2 is 1.00 bits per heavy atom. The molecule has 0 saturated heterocycles. The SMILES string of the molecule is CCCCCCOC(=O)C(C)N(C)C(=O)C(C)N(C)C(=O)C(C)N(C)C(=O)OCCCCCC. The molecule has 0 aromatic heterocycles. The van der Waals surface area contributed by atoms with Crippen molar-refractivity contribution in [1.82, 2.24) is 14.7 Å². The molecule has 0 aliphatic carbocycles. The Morgan fingerprint density at radius 3 is 1.47 bits per heavy atom. The topological polar surface area (TPSA) is 96.5 Å². The van der Waals surface area contributed by atoms with Gasteiger partial charge in [0, 0.05) is 21.1 Å². The maximum atomic E-state index is 12.9. The van der Waals surface area contributed by atoms with Gasteiger partial charge in [0.1, 0.15) is 18.1 Å². The lowest BCUT2D eigenvalue weighted by atomic mass is 10.2. The fraction of sp³-hybridized carbons (Fsp3) is 0.840. The van der Waals surface area contributed by atoms with Gasteiger partial charge in [-0.05, 0) is 33.6 Å². The fourth-order valence-corrected chi connectivity index (χ4v) is 3.23. The second-order valence-electron chi connectivity index (χ2n) is 8.94. The lowest BCUT2D eigenvalue weighted by Crippen LogP contribution is -2.55. The maximum Gasteiger partial charge on any atom is 0.410 e. The maximum absolute atomic E-state index is 12.9. The Morgan fingerprint density at radius 1 is 0.588 bits per heavy atom. The van der Waals surface area contributed by atoms with Crippen molar-refractivity contribution in [3.63, 3.8) is 0 Å². The average molecular weight is 486 g/mol. The van der Waals surface area contributed by atoms with Crippen LogP contribution < -0.4 is 0 Å². The van der Waals surface area contributed by atoms with E-state index in [0.717, 1.165) is 51.4 Å². The van der Waals surface area contributed by atoms with E-state index < -0.39 is 36.1 Å². The summed E-state index contributed by atoms with van der Waals surface area (Å²) in [7, 11) is 4.53. The summed E-state index contributed by atoms with van der Waals surface area (Å²) in [6.07, 6.45) is 7.36. The van der Waals surface area contributed by atoms with Crippen molar-refractivity contribution in [3.05, 3.63) is 0 Å². The summed E-state index contributed by atoms with van der Waals surface area (Å²) in [4.78, 5) is 54.2. The predicted octanol–water partition coefficient (Wildman–Crippen LogP) is 3.84. The third kappa shape index (κ3) is 10.7. The molecule has 0 aliphatic heterocycles. The Bertz CT molecular complexity index is 588. The van der Waals surface area contributed by atoms with Crippen LogP contribution in [0.5, 0.6) is 0 Å². The van der Waals surface area contributed by atoms with Crippen molar-refractivity contribution in [2.45, 2.75) is 104 Å². The van der Waals surface area contributed by atoms with Crippen LogP contribution in [-0.2, 0) is 23.9 Å².